The molecule has 2 amide bonds. The van der Waals surface area contributed by atoms with E-state index in [1.807, 2.05) is 18.2 Å². The number of hydrogen-bond acceptors (Lipinski definition) is 3. The number of hydrogen-bond donors (Lipinski definition) is 1. The number of carbonyl (C=O) groups excluding carboxylic acids is 2. The van der Waals surface area contributed by atoms with Crippen LogP contribution in [0.1, 0.15) is 5.56 Å². The van der Waals surface area contributed by atoms with Gasteiger partial charge in [0, 0.05) is 12.6 Å². The van der Waals surface area contributed by atoms with Crippen molar-refractivity contribution in [3.63, 3.8) is 0 Å². The Morgan fingerprint density at radius 1 is 1.08 bits per heavy atom. The van der Waals surface area contributed by atoms with E-state index >= 15 is 0 Å². The highest BCUT2D eigenvalue weighted by Crippen LogP contribution is 2.29. The van der Waals surface area contributed by atoms with E-state index < -0.39 is 0 Å². The number of likely N-dealkylation sites (N-methyl/N-ethyl adjacent to an activating group) is 1. The van der Waals surface area contributed by atoms with Crippen molar-refractivity contribution in [3.05, 3.63) is 58.1 Å². The lowest BCUT2D eigenvalue weighted by Crippen LogP contribution is -2.36. The Kier molecular flexibility index (Phi) is 6.67. The van der Waals surface area contributed by atoms with Crippen molar-refractivity contribution >= 4 is 40.7 Å². The highest BCUT2D eigenvalue weighted by molar-refractivity contribution is 6.39. The first kappa shape index (κ1) is 19.1. The minimum absolute atomic E-state index is 0.116. The van der Waals surface area contributed by atoms with E-state index in [0.717, 1.165) is 5.56 Å². The first-order valence-electron chi connectivity index (χ1n) is 7.52. The van der Waals surface area contributed by atoms with E-state index in [-0.39, 0.29) is 24.8 Å². The zero-order valence-electron chi connectivity index (χ0n) is 13.9. The summed E-state index contributed by atoms with van der Waals surface area (Å²) in [6.45, 7) is -0.116. The largest absolute Gasteiger partial charge is 0.496 e. The van der Waals surface area contributed by atoms with Gasteiger partial charge in [-0.05, 0) is 18.2 Å². The van der Waals surface area contributed by atoms with Gasteiger partial charge in [0.1, 0.15) is 5.75 Å². The van der Waals surface area contributed by atoms with E-state index in [9.17, 15) is 9.59 Å². The zero-order chi connectivity index (χ0) is 18.4. The molecule has 0 heterocycles. The molecule has 2 aromatic rings. The average molecular weight is 381 g/mol. The topological polar surface area (TPSA) is 58.6 Å². The number of nitrogens with one attached hydrogen (secondary N) is 1. The lowest BCUT2D eigenvalue weighted by atomic mass is 10.1. The molecule has 0 aliphatic heterocycles. The number of carbonyl (C=O) groups is 2. The van der Waals surface area contributed by atoms with Crippen LogP contribution in [0, 0.1) is 0 Å². The highest BCUT2D eigenvalue weighted by Gasteiger charge is 2.17. The molecule has 0 saturated carbocycles. The van der Waals surface area contributed by atoms with E-state index in [1.54, 1.807) is 38.4 Å². The number of halogens is 2. The van der Waals surface area contributed by atoms with Crippen molar-refractivity contribution in [2.24, 2.45) is 0 Å². The molecule has 0 aliphatic rings. The summed E-state index contributed by atoms with van der Waals surface area (Å²) in [6, 6.07) is 12.2. The van der Waals surface area contributed by atoms with Crippen molar-refractivity contribution in [2.45, 2.75) is 6.42 Å². The van der Waals surface area contributed by atoms with Gasteiger partial charge in [0.05, 0.1) is 35.8 Å². The number of anilines is 1. The van der Waals surface area contributed by atoms with Gasteiger partial charge >= 0.3 is 0 Å². The van der Waals surface area contributed by atoms with Crippen LogP contribution in [0.4, 0.5) is 5.69 Å². The average Bonchev–Trinajstić information content (AvgIpc) is 2.58. The Morgan fingerprint density at radius 3 is 2.36 bits per heavy atom. The lowest BCUT2D eigenvalue weighted by Gasteiger charge is -2.18. The second-order valence-electron chi connectivity index (χ2n) is 5.38. The van der Waals surface area contributed by atoms with Crippen LogP contribution in [-0.4, -0.2) is 37.4 Å². The van der Waals surface area contributed by atoms with Gasteiger partial charge in [-0.2, -0.15) is 0 Å². The summed E-state index contributed by atoms with van der Waals surface area (Å²) in [5, 5.41) is 3.30. The number of ether oxygens (including phenoxy) is 1. The van der Waals surface area contributed by atoms with Crippen LogP contribution in [-0.2, 0) is 16.0 Å². The molecule has 0 aromatic heterocycles. The third-order valence-electron chi connectivity index (χ3n) is 3.57. The fourth-order valence-electron chi connectivity index (χ4n) is 2.25. The predicted octanol–water partition coefficient (Wildman–Crippen LogP) is 3.64. The molecule has 25 heavy (non-hydrogen) atoms. The molecule has 0 fully saturated rings. The molecule has 5 nitrogen and oxygen atoms in total. The second kappa shape index (κ2) is 8.74. The van der Waals surface area contributed by atoms with Crippen LogP contribution in [0.5, 0.6) is 5.75 Å². The van der Waals surface area contributed by atoms with Crippen LogP contribution >= 0.6 is 23.2 Å². The van der Waals surface area contributed by atoms with Crippen molar-refractivity contribution in [2.75, 3.05) is 26.0 Å². The monoisotopic (exact) mass is 380 g/mol. The molecule has 7 heteroatoms. The Morgan fingerprint density at radius 2 is 1.72 bits per heavy atom. The minimum atomic E-state index is -0.383. The summed E-state index contributed by atoms with van der Waals surface area (Å²) in [5.41, 5.74) is 1.10. The van der Waals surface area contributed by atoms with E-state index in [4.69, 9.17) is 27.9 Å². The first-order valence-corrected chi connectivity index (χ1v) is 8.27. The fourth-order valence-corrected chi connectivity index (χ4v) is 2.74. The zero-order valence-corrected chi connectivity index (χ0v) is 15.4. The van der Waals surface area contributed by atoms with Crippen molar-refractivity contribution < 1.29 is 14.3 Å². The van der Waals surface area contributed by atoms with Crippen LogP contribution in [0.25, 0.3) is 0 Å². The Balaban J connectivity index is 1.97. The van der Waals surface area contributed by atoms with E-state index in [0.29, 0.717) is 21.5 Å². The molecule has 0 saturated heterocycles. The van der Waals surface area contributed by atoms with Crippen LogP contribution in [0.3, 0.4) is 0 Å². The van der Waals surface area contributed by atoms with Gasteiger partial charge in [-0.15, -0.1) is 0 Å². The fraction of sp³-hybridized carbons (Fsp3) is 0.222. The molecule has 0 bridgehead atoms. The number of amides is 2. The third-order valence-corrected chi connectivity index (χ3v) is 4.20. The van der Waals surface area contributed by atoms with Crippen molar-refractivity contribution in [1.29, 1.82) is 0 Å². The molecule has 2 rings (SSSR count). The Bertz CT molecular complexity index is 760. The summed E-state index contributed by atoms with van der Waals surface area (Å²) < 4.78 is 5.23. The van der Waals surface area contributed by atoms with Gasteiger partial charge in [-0.3, -0.25) is 9.59 Å². The molecule has 0 unspecified atom stereocenters. The molecule has 132 valence electrons. The Hall–Kier alpha value is -2.24. The molecular formula is C18H18Cl2N2O3. The first-order chi connectivity index (χ1) is 11.9. The van der Waals surface area contributed by atoms with E-state index in [1.165, 1.54) is 4.90 Å². The summed E-state index contributed by atoms with van der Waals surface area (Å²) in [4.78, 5) is 25.8. The molecule has 0 atom stereocenters. The number of nitrogens with zero attached hydrogens (tertiary/aromatic N) is 1. The quantitative estimate of drug-likeness (QED) is 0.831. The standard InChI is InChI=1S/C18H18Cl2N2O3/c1-22(17(24)10-12-6-3-4-9-15(12)25-2)11-16(23)21-18-13(19)7-5-8-14(18)20/h3-9H,10-11H2,1-2H3,(H,21,23). The molecule has 0 radical (unpaired) electrons. The summed E-state index contributed by atoms with van der Waals surface area (Å²) in [5.74, 6) is 0.0485. The van der Waals surface area contributed by atoms with Crippen molar-refractivity contribution in [1.82, 2.24) is 4.90 Å². The van der Waals surface area contributed by atoms with Gasteiger partial charge in [0.2, 0.25) is 11.8 Å². The van der Waals surface area contributed by atoms with Crippen LogP contribution in [0.15, 0.2) is 42.5 Å². The molecule has 1 N–H and O–H groups in total. The molecular weight excluding hydrogens is 363 g/mol. The van der Waals surface area contributed by atoms with Crippen LogP contribution < -0.4 is 10.1 Å². The van der Waals surface area contributed by atoms with Gasteiger partial charge < -0.3 is 15.0 Å². The van der Waals surface area contributed by atoms with E-state index in [2.05, 4.69) is 5.32 Å². The van der Waals surface area contributed by atoms with Crippen LogP contribution in [0.2, 0.25) is 10.0 Å². The molecule has 0 spiro atoms. The maximum absolute atomic E-state index is 12.3. The third kappa shape index (κ3) is 5.11. The highest BCUT2D eigenvalue weighted by atomic mass is 35.5. The van der Waals surface area contributed by atoms with Gasteiger partial charge in [0.15, 0.2) is 0 Å². The maximum Gasteiger partial charge on any atom is 0.244 e. The molecule has 0 aliphatic carbocycles. The number of benzene rings is 2. The maximum atomic E-state index is 12.3. The van der Waals surface area contributed by atoms with Gasteiger partial charge in [0.25, 0.3) is 0 Å². The normalized spacial score (nSPS) is 10.2. The predicted molar refractivity (Wildman–Crippen MR) is 99.4 cm³/mol. The van der Waals surface area contributed by atoms with Gasteiger partial charge in [-0.1, -0.05) is 47.5 Å². The SMILES string of the molecule is COc1ccccc1CC(=O)N(C)CC(=O)Nc1c(Cl)cccc1Cl. The lowest BCUT2D eigenvalue weighted by molar-refractivity contribution is -0.132. The number of para-hydroxylation sites is 2. The summed E-state index contributed by atoms with van der Waals surface area (Å²) in [6.07, 6.45) is 0.140. The van der Waals surface area contributed by atoms with Gasteiger partial charge in [-0.25, -0.2) is 0 Å². The molecule has 2 aromatic carbocycles. The minimum Gasteiger partial charge on any atom is -0.496 e. The second-order valence-corrected chi connectivity index (χ2v) is 6.20. The number of rotatable bonds is 6. The smallest absolute Gasteiger partial charge is 0.244 e. The summed E-state index contributed by atoms with van der Waals surface area (Å²) >= 11 is 12.0. The summed E-state index contributed by atoms with van der Waals surface area (Å²) in [7, 11) is 3.11. The van der Waals surface area contributed by atoms with Crippen molar-refractivity contribution in [3.8, 4) is 5.75 Å². The Labute approximate surface area is 156 Å². The number of methoxy groups -OCH3 is 1.